The van der Waals surface area contributed by atoms with Gasteiger partial charge in [-0.05, 0) is 24.3 Å². The maximum absolute atomic E-state index is 11.2. The monoisotopic (exact) mass is 276 g/mol. The van der Waals surface area contributed by atoms with Gasteiger partial charge in [-0.25, -0.2) is 4.79 Å². The van der Waals surface area contributed by atoms with Crippen LogP contribution in [0.5, 0.6) is 0 Å². The van der Waals surface area contributed by atoms with E-state index >= 15 is 0 Å². The Morgan fingerprint density at radius 1 is 1.25 bits per heavy atom. The summed E-state index contributed by atoms with van der Waals surface area (Å²) in [7, 11) is 0. The van der Waals surface area contributed by atoms with Crippen molar-refractivity contribution in [1.82, 2.24) is 0 Å². The Morgan fingerprint density at radius 2 is 1.95 bits per heavy atom. The Morgan fingerprint density at radius 3 is 2.60 bits per heavy atom. The Balaban J connectivity index is 2.27. The first-order valence-corrected chi connectivity index (χ1v) is 7.10. The molecule has 3 heteroatoms. The quantitative estimate of drug-likeness (QED) is 0.537. The van der Waals surface area contributed by atoms with E-state index in [2.05, 4.69) is 26.0 Å². The summed E-state index contributed by atoms with van der Waals surface area (Å²) < 4.78 is 10.6. The van der Waals surface area contributed by atoms with E-state index in [-0.39, 0.29) is 11.9 Å². The van der Waals surface area contributed by atoms with Crippen molar-refractivity contribution in [3.63, 3.8) is 0 Å². The van der Waals surface area contributed by atoms with Crippen LogP contribution in [0.2, 0.25) is 0 Å². The fraction of sp³-hybridized carbons (Fsp3) is 0.471. The fourth-order valence-corrected chi connectivity index (χ4v) is 1.70. The second-order valence-corrected chi connectivity index (χ2v) is 4.95. The molecule has 0 saturated carbocycles. The van der Waals surface area contributed by atoms with Gasteiger partial charge in [0.15, 0.2) is 0 Å². The van der Waals surface area contributed by atoms with Crippen molar-refractivity contribution in [2.75, 3.05) is 13.2 Å². The maximum Gasteiger partial charge on any atom is 0.330 e. The number of hydrogen-bond acceptors (Lipinski definition) is 3. The molecule has 0 bridgehead atoms. The molecule has 3 nitrogen and oxygen atoms in total. The highest BCUT2D eigenvalue weighted by atomic mass is 16.5. The Kier molecular flexibility index (Phi) is 7.66. The number of esters is 1. The number of ether oxygens (including phenoxy) is 2. The molecule has 0 amide bonds. The van der Waals surface area contributed by atoms with Gasteiger partial charge in [-0.1, -0.05) is 50.3 Å². The minimum Gasteiger partial charge on any atom is -0.463 e. The normalized spacial score (nSPS) is 14.2. The van der Waals surface area contributed by atoms with Crippen molar-refractivity contribution < 1.29 is 14.3 Å². The number of carbonyl (C=O) groups is 1. The van der Waals surface area contributed by atoms with E-state index in [0.29, 0.717) is 25.7 Å². The molecule has 1 rings (SSSR count). The van der Waals surface area contributed by atoms with Crippen molar-refractivity contribution in [2.24, 2.45) is 11.8 Å². The van der Waals surface area contributed by atoms with E-state index in [1.165, 1.54) is 11.6 Å². The smallest absolute Gasteiger partial charge is 0.330 e. The zero-order valence-electron chi connectivity index (χ0n) is 12.5. The predicted octanol–water partition coefficient (Wildman–Crippen LogP) is 3.59. The molecule has 0 unspecified atom stereocenters. The molecule has 0 heterocycles. The molecule has 110 valence electrons. The summed E-state index contributed by atoms with van der Waals surface area (Å²) in [6, 6.07) is 10.1. The minimum atomic E-state index is -0.281. The van der Waals surface area contributed by atoms with Crippen LogP contribution in [0.1, 0.15) is 26.3 Å². The highest BCUT2D eigenvalue weighted by molar-refractivity contribution is 5.81. The number of hydrogen-bond donors (Lipinski definition) is 0. The lowest BCUT2D eigenvalue weighted by molar-refractivity contribution is -0.137. The molecule has 0 aliphatic carbocycles. The summed E-state index contributed by atoms with van der Waals surface area (Å²) in [5, 5.41) is 0. The first kappa shape index (κ1) is 16.4. The molecule has 1 aromatic rings. The van der Waals surface area contributed by atoms with Crippen LogP contribution >= 0.6 is 0 Å². The molecule has 0 saturated heterocycles. The molecule has 2 atom stereocenters. The zero-order chi connectivity index (χ0) is 14.8. The molecular formula is C17H24O3. The van der Waals surface area contributed by atoms with Crippen molar-refractivity contribution in [1.29, 1.82) is 0 Å². The van der Waals surface area contributed by atoms with Crippen LogP contribution < -0.4 is 0 Å². The number of allylic oxidation sites excluding steroid dienone is 1. The molecule has 0 aliphatic rings. The van der Waals surface area contributed by atoms with Gasteiger partial charge in [-0.3, -0.25) is 0 Å². The molecule has 0 aromatic heterocycles. The molecule has 0 spiro atoms. The van der Waals surface area contributed by atoms with Crippen molar-refractivity contribution in [3.05, 3.63) is 48.0 Å². The minimum absolute atomic E-state index is 0.273. The molecule has 0 aliphatic heterocycles. The lowest BCUT2D eigenvalue weighted by atomic mass is 9.96. The van der Waals surface area contributed by atoms with Crippen molar-refractivity contribution in [3.8, 4) is 0 Å². The van der Waals surface area contributed by atoms with Gasteiger partial charge in [0.05, 0.1) is 19.8 Å². The molecule has 0 N–H and O–H groups in total. The Labute approximate surface area is 121 Å². The second-order valence-electron chi connectivity index (χ2n) is 4.95. The number of carbonyl (C=O) groups excluding carboxylic acids is 1. The van der Waals surface area contributed by atoms with E-state index in [1.807, 2.05) is 24.3 Å². The van der Waals surface area contributed by atoms with E-state index in [4.69, 9.17) is 9.47 Å². The van der Waals surface area contributed by atoms with Crippen LogP contribution in [0.3, 0.4) is 0 Å². The highest BCUT2D eigenvalue weighted by Gasteiger charge is 2.10. The largest absolute Gasteiger partial charge is 0.463 e. The molecular weight excluding hydrogens is 252 g/mol. The van der Waals surface area contributed by atoms with E-state index in [0.717, 1.165) is 0 Å². The maximum atomic E-state index is 11.2. The average Bonchev–Trinajstić information content (AvgIpc) is 2.46. The summed E-state index contributed by atoms with van der Waals surface area (Å²) in [5.74, 6) is 0.344. The van der Waals surface area contributed by atoms with Crippen LogP contribution in [-0.4, -0.2) is 19.2 Å². The average molecular weight is 276 g/mol. The first-order chi connectivity index (χ1) is 9.63. The third kappa shape index (κ3) is 6.53. The molecule has 1 aromatic carbocycles. The second kappa shape index (κ2) is 9.32. The highest BCUT2D eigenvalue weighted by Crippen LogP contribution is 2.14. The number of benzene rings is 1. The topological polar surface area (TPSA) is 35.5 Å². The van der Waals surface area contributed by atoms with Crippen LogP contribution in [-0.2, 0) is 20.9 Å². The van der Waals surface area contributed by atoms with Gasteiger partial charge in [0.2, 0.25) is 0 Å². The molecule has 0 radical (unpaired) electrons. The SMILES string of the molecule is CCOC(=O)/C=C\[C@H](C)[C@@H](C)COCc1ccccc1. The van der Waals surface area contributed by atoms with E-state index < -0.39 is 0 Å². The fourth-order valence-electron chi connectivity index (χ4n) is 1.70. The zero-order valence-corrected chi connectivity index (χ0v) is 12.5. The van der Waals surface area contributed by atoms with Crippen LogP contribution in [0.25, 0.3) is 0 Å². The van der Waals surface area contributed by atoms with Gasteiger partial charge in [-0.2, -0.15) is 0 Å². The van der Waals surface area contributed by atoms with Gasteiger partial charge in [0.25, 0.3) is 0 Å². The summed E-state index contributed by atoms with van der Waals surface area (Å²) in [6.45, 7) is 7.70. The summed E-state index contributed by atoms with van der Waals surface area (Å²) in [6.07, 6.45) is 3.39. The summed E-state index contributed by atoms with van der Waals surface area (Å²) in [4.78, 5) is 11.2. The Hall–Kier alpha value is -1.61. The third-order valence-electron chi connectivity index (χ3n) is 3.21. The van der Waals surface area contributed by atoms with Crippen LogP contribution in [0.15, 0.2) is 42.5 Å². The van der Waals surface area contributed by atoms with Gasteiger partial charge in [-0.15, -0.1) is 0 Å². The van der Waals surface area contributed by atoms with Crippen molar-refractivity contribution >= 4 is 5.97 Å². The third-order valence-corrected chi connectivity index (χ3v) is 3.21. The summed E-state index contributed by atoms with van der Waals surface area (Å²) in [5.41, 5.74) is 1.18. The van der Waals surface area contributed by atoms with Crippen molar-refractivity contribution in [2.45, 2.75) is 27.4 Å². The van der Waals surface area contributed by atoms with E-state index in [1.54, 1.807) is 6.92 Å². The lowest BCUT2D eigenvalue weighted by Gasteiger charge is -2.16. The lowest BCUT2D eigenvalue weighted by Crippen LogP contribution is -2.13. The van der Waals surface area contributed by atoms with E-state index in [9.17, 15) is 4.79 Å². The van der Waals surface area contributed by atoms with Gasteiger partial charge in [0.1, 0.15) is 0 Å². The Bertz CT molecular complexity index is 412. The van der Waals surface area contributed by atoms with Gasteiger partial charge in [0, 0.05) is 6.08 Å². The van der Waals surface area contributed by atoms with Gasteiger partial charge < -0.3 is 9.47 Å². The predicted molar refractivity (Wildman–Crippen MR) is 80.2 cm³/mol. The first-order valence-electron chi connectivity index (χ1n) is 7.10. The van der Waals surface area contributed by atoms with Crippen LogP contribution in [0.4, 0.5) is 0 Å². The number of rotatable bonds is 8. The standard InChI is InChI=1S/C17H24O3/c1-4-20-17(18)11-10-14(2)15(3)12-19-13-16-8-6-5-7-9-16/h5-11,14-15H,4,12-13H2,1-3H3/b11-10-/t14-,15-/m0/s1. The molecule has 0 fully saturated rings. The van der Waals surface area contributed by atoms with Gasteiger partial charge >= 0.3 is 5.97 Å². The van der Waals surface area contributed by atoms with Crippen LogP contribution in [0, 0.1) is 11.8 Å². The molecule has 20 heavy (non-hydrogen) atoms. The summed E-state index contributed by atoms with van der Waals surface area (Å²) >= 11 is 0.